The molecule has 6 nitrogen and oxygen atoms in total. The van der Waals surface area contributed by atoms with E-state index in [2.05, 4.69) is 4.98 Å². The van der Waals surface area contributed by atoms with Crippen molar-refractivity contribution in [2.75, 3.05) is 6.61 Å². The van der Waals surface area contributed by atoms with Gasteiger partial charge in [-0.05, 0) is 43.2 Å². The first-order valence-corrected chi connectivity index (χ1v) is 7.78. The van der Waals surface area contributed by atoms with Crippen molar-refractivity contribution in [1.82, 2.24) is 14.0 Å². The van der Waals surface area contributed by atoms with Crippen LogP contribution in [0.4, 0.5) is 4.39 Å². The molecule has 1 aliphatic rings. The van der Waals surface area contributed by atoms with Crippen molar-refractivity contribution < 1.29 is 14.2 Å². The van der Waals surface area contributed by atoms with Crippen LogP contribution in [0.15, 0.2) is 47.5 Å². The van der Waals surface area contributed by atoms with Crippen molar-refractivity contribution >= 4 is 5.65 Å². The Hall–Kier alpha value is -2.51. The first-order chi connectivity index (χ1) is 11.7. The van der Waals surface area contributed by atoms with E-state index in [0.29, 0.717) is 17.8 Å². The van der Waals surface area contributed by atoms with Crippen molar-refractivity contribution in [2.24, 2.45) is 0 Å². The Balaban J connectivity index is 1.74. The minimum atomic E-state index is -0.379. The largest absolute Gasteiger partial charge is 0.394 e. The van der Waals surface area contributed by atoms with Crippen molar-refractivity contribution in [3.63, 3.8) is 0 Å². The lowest BCUT2D eigenvalue weighted by molar-refractivity contribution is -0.0247. The Morgan fingerprint density at radius 1 is 1.25 bits per heavy atom. The Morgan fingerprint density at radius 3 is 2.75 bits per heavy atom. The number of aliphatic hydroxyl groups is 1. The molecule has 0 saturated carbocycles. The number of halogens is 1. The minimum Gasteiger partial charge on any atom is -0.394 e. The van der Waals surface area contributed by atoms with Gasteiger partial charge in [0.2, 0.25) is 0 Å². The van der Waals surface area contributed by atoms with Crippen LogP contribution >= 0.6 is 0 Å². The average Bonchev–Trinajstić information content (AvgIpc) is 3.23. The highest BCUT2D eigenvalue weighted by Gasteiger charge is 2.27. The summed E-state index contributed by atoms with van der Waals surface area (Å²) in [6, 6.07) is 7.71. The fourth-order valence-corrected chi connectivity index (χ4v) is 3.01. The number of aliphatic hydroxyl groups excluding tert-OH is 1. The molecular formula is C17H16FN3O3. The molecule has 3 aromatic rings. The molecule has 1 aromatic carbocycles. The number of aromatic nitrogens is 3. The molecule has 7 heteroatoms. The lowest BCUT2D eigenvalue weighted by atomic mass is 10.2. The molecule has 0 aliphatic carbocycles. The summed E-state index contributed by atoms with van der Waals surface area (Å²) in [6.07, 6.45) is 4.08. The van der Waals surface area contributed by atoms with E-state index in [1.54, 1.807) is 30.6 Å². The highest BCUT2D eigenvalue weighted by atomic mass is 19.1. The van der Waals surface area contributed by atoms with Crippen molar-refractivity contribution in [1.29, 1.82) is 0 Å². The second-order valence-corrected chi connectivity index (χ2v) is 5.84. The standard InChI is InChI=1S/C17H16FN3O3/c18-12-3-1-11(2-4-12)14-9-21-15(19-14)7-8-20(17(21)23)16-6-5-13(10-22)24-16/h1-4,7-9,13,16,22H,5-6,10H2/t13-,16+/m1/s1. The molecule has 124 valence electrons. The van der Waals surface area contributed by atoms with E-state index in [1.165, 1.54) is 21.1 Å². The van der Waals surface area contributed by atoms with Crippen molar-refractivity contribution in [3.05, 3.63) is 59.0 Å². The highest BCUT2D eigenvalue weighted by molar-refractivity contribution is 5.62. The van der Waals surface area contributed by atoms with Gasteiger partial charge in [-0.2, -0.15) is 0 Å². The summed E-state index contributed by atoms with van der Waals surface area (Å²) in [4.78, 5) is 17.1. The molecule has 0 radical (unpaired) electrons. The average molecular weight is 329 g/mol. The molecule has 1 N–H and O–H groups in total. The number of rotatable bonds is 3. The number of benzene rings is 1. The smallest absolute Gasteiger partial charge is 0.336 e. The topological polar surface area (TPSA) is 68.8 Å². The maximum Gasteiger partial charge on any atom is 0.336 e. The summed E-state index contributed by atoms with van der Waals surface area (Å²) in [6.45, 7) is -0.0483. The monoisotopic (exact) mass is 329 g/mol. The van der Waals surface area contributed by atoms with E-state index >= 15 is 0 Å². The van der Waals surface area contributed by atoms with Gasteiger partial charge < -0.3 is 9.84 Å². The van der Waals surface area contributed by atoms with Gasteiger partial charge >= 0.3 is 5.69 Å². The van der Waals surface area contributed by atoms with Crippen LogP contribution in [0.1, 0.15) is 19.1 Å². The van der Waals surface area contributed by atoms with E-state index in [4.69, 9.17) is 9.84 Å². The molecule has 4 rings (SSSR count). The van der Waals surface area contributed by atoms with E-state index in [-0.39, 0.29) is 30.4 Å². The van der Waals surface area contributed by atoms with Crippen LogP contribution in [-0.4, -0.2) is 31.8 Å². The third kappa shape index (κ3) is 2.51. The Kier molecular flexibility index (Phi) is 3.66. The van der Waals surface area contributed by atoms with Gasteiger partial charge in [0.15, 0.2) is 0 Å². The van der Waals surface area contributed by atoms with Gasteiger partial charge in [0.05, 0.1) is 18.4 Å². The summed E-state index contributed by atoms with van der Waals surface area (Å²) >= 11 is 0. The zero-order valence-corrected chi connectivity index (χ0v) is 12.8. The maximum absolute atomic E-state index is 13.0. The van der Waals surface area contributed by atoms with Crippen LogP contribution in [0.3, 0.4) is 0 Å². The van der Waals surface area contributed by atoms with E-state index in [1.807, 2.05) is 0 Å². The second-order valence-electron chi connectivity index (χ2n) is 5.84. The molecule has 0 unspecified atom stereocenters. The predicted octanol–water partition coefficient (Wildman–Crippen LogP) is 1.97. The fourth-order valence-electron chi connectivity index (χ4n) is 3.01. The third-order valence-corrected chi connectivity index (χ3v) is 4.28. The molecule has 1 fully saturated rings. The minimum absolute atomic E-state index is 0.0483. The molecule has 2 aromatic heterocycles. The van der Waals surface area contributed by atoms with Gasteiger partial charge in [-0.1, -0.05) is 0 Å². The van der Waals surface area contributed by atoms with Gasteiger partial charge in [0.1, 0.15) is 17.7 Å². The number of imidazole rings is 1. The van der Waals surface area contributed by atoms with Crippen LogP contribution in [0.2, 0.25) is 0 Å². The molecular weight excluding hydrogens is 313 g/mol. The first kappa shape index (κ1) is 15.0. The van der Waals surface area contributed by atoms with Gasteiger partial charge in [0, 0.05) is 18.0 Å². The quantitative estimate of drug-likeness (QED) is 0.798. The first-order valence-electron chi connectivity index (χ1n) is 7.78. The van der Waals surface area contributed by atoms with E-state index in [0.717, 1.165) is 12.0 Å². The van der Waals surface area contributed by atoms with Gasteiger partial charge in [-0.25, -0.2) is 14.2 Å². The summed E-state index contributed by atoms with van der Waals surface area (Å²) in [5, 5.41) is 9.17. The van der Waals surface area contributed by atoms with Crippen LogP contribution in [0.5, 0.6) is 0 Å². The number of nitrogens with zero attached hydrogens (tertiary/aromatic N) is 3. The number of hydrogen-bond donors (Lipinski definition) is 1. The maximum atomic E-state index is 13.0. The Bertz CT molecular complexity index is 932. The molecule has 2 atom stereocenters. The summed E-state index contributed by atoms with van der Waals surface area (Å²) in [7, 11) is 0. The number of fused-ring (bicyclic) bond motifs is 1. The fraction of sp³-hybridized carbons (Fsp3) is 0.294. The van der Waals surface area contributed by atoms with Gasteiger partial charge in [-0.15, -0.1) is 0 Å². The molecule has 1 aliphatic heterocycles. The third-order valence-electron chi connectivity index (χ3n) is 4.28. The van der Waals surface area contributed by atoms with E-state index in [9.17, 15) is 9.18 Å². The molecule has 3 heterocycles. The zero-order valence-electron chi connectivity index (χ0n) is 12.8. The van der Waals surface area contributed by atoms with Crippen LogP contribution in [0, 0.1) is 5.82 Å². The molecule has 0 amide bonds. The zero-order chi connectivity index (χ0) is 16.7. The predicted molar refractivity (Wildman–Crippen MR) is 85.1 cm³/mol. The van der Waals surface area contributed by atoms with Crippen LogP contribution < -0.4 is 5.69 Å². The molecule has 0 bridgehead atoms. The summed E-state index contributed by atoms with van der Waals surface area (Å²) in [5.74, 6) is -0.318. The summed E-state index contributed by atoms with van der Waals surface area (Å²) in [5.41, 5.74) is 1.61. The molecule has 1 saturated heterocycles. The molecule has 24 heavy (non-hydrogen) atoms. The second kappa shape index (κ2) is 5.85. The number of hydrogen-bond acceptors (Lipinski definition) is 4. The van der Waals surface area contributed by atoms with E-state index < -0.39 is 0 Å². The van der Waals surface area contributed by atoms with Crippen molar-refractivity contribution in [3.8, 4) is 11.3 Å². The van der Waals surface area contributed by atoms with Gasteiger partial charge in [-0.3, -0.25) is 8.97 Å². The Labute approximate surface area is 136 Å². The van der Waals surface area contributed by atoms with Crippen LogP contribution in [-0.2, 0) is 4.74 Å². The SMILES string of the molecule is O=c1n([C@@H]2CC[C@H](CO)O2)ccc2nc(-c3ccc(F)cc3)cn12. The van der Waals surface area contributed by atoms with Gasteiger partial charge in [0.25, 0.3) is 0 Å². The van der Waals surface area contributed by atoms with Crippen molar-refractivity contribution in [2.45, 2.75) is 25.2 Å². The lowest BCUT2D eigenvalue weighted by Crippen LogP contribution is -2.29. The highest BCUT2D eigenvalue weighted by Crippen LogP contribution is 2.27. The summed E-state index contributed by atoms with van der Waals surface area (Å²) < 4.78 is 21.7. The lowest BCUT2D eigenvalue weighted by Gasteiger charge is -2.14. The number of ether oxygens (including phenoxy) is 1. The molecule has 0 spiro atoms. The normalized spacial score (nSPS) is 20.8. The van der Waals surface area contributed by atoms with Crippen LogP contribution in [0.25, 0.3) is 16.9 Å². The Morgan fingerprint density at radius 2 is 2.04 bits per heavy atom.